The van der Waals surface area contributed by atoms with Gasteiger partial charge in [-0.15, -0.1) is 0 Å². The van der Waals surface area contributed by atoms with Gasteiger partial charge in [-0.25, -0.2) is 12.8 Å². The first kappa shape index (κ1) is 30.8. The fourth-order valence-corrected chi connectivity index (χ4v) is 6.10. The Hall–Kier alpha value is -3.14. The predicted molar refractivity (Wildman–Crippen MR) is 160 cm³/mol. The molecule has 1 atom stereocenters. The number of anilines is 1. The lowest BCUT2D eigenvalue weighted by molar-refractivity contribution is -0.140. The van der Waals surface area contributed by atoms with Crippen LogP contribution in [-0.4, -0.2) is 50.0 Å². The van der Waals surface area contributed by atoms with Crippen molar-refractivity contribution in [2.24, 2.45) is 0 Å². The summed E-state index contributed by atoms with van der Waals surface area (Å²) in [5.74, 6) is -1.36. The predicted octanol–water partition coefficient (Wildman–Crippen LogP) is 5.60. The number of sulfonamides is 1. The summed E-state index contributed by atoms with van der Waals surface area (Å²) in [5.41, 5.74) is 1.58. The van der Waals surface area contributed by atoms with Crippen LogP contribution in [-0.2, 0) is 32.6 Å². The minimum absolute atomic E-state index is 0.00673. The first-order valence-corrected chi connectivity index (χ1v) is 15.9. The molecule has 41 heavy (non-hydrogen) atoms. The molecule has 0 radical (unpaired) electrons. The van der Waals surface area contributed by atoms with E-state index in [1.165, 1.54) is 47.4 Å². The van der Waals surface area contributed by atoms with Gasteiger partial charge in [-0.2, -0.15) is 0 Å². The van der Waals surface area contributed by atoms with Gasteiger partial charge in [0.05, 0.1) is 22.0 Å². The van der Waals surface area contributed by atoms with Crippen molar-refractivity contribution in [1.29, 1.82) is 0 Å². The molecule has 1 aliphatic carbocycles. The zero-order valence-electron chi connectivity index (χ0n) is 22.6. The van der Waals surface area contributed by atoms with Gasteiger partial charge < -0.3 is 10.2 Å². The molecule has 0 aromatic heterocycles. The van der Waals surface area contributed by atoms with E-state index in [0.717, 1.165) is 41.8 Å². The van der Waals surface area contributed by atoms with Crippen molar-refractivity contribution < 1.29 is 22.4 Å². The number of halogens is 3. The van der Waals surface area contributed by atoms with Crippen LogP contribution in [0.1, 0.15) is 36.8 Å². The fraction of sp³-hybridized carbons (Fsp3) is 0.333. The number of amides is 2. The van der Waals surface area contributed by atoms with Crippen LogP contribution < -0.4 is 9.62 Å². The van der Waals surface area contributed by atoms with Gasteiger partial charge >= 0.3 is 0 Å². The second-order valence-corrected chi connectivity index (χ2v) is 12.9. The summed E-state index contributed by atoms with van der Waals surface area (Å²) in [4.78, 5) is 29.3. The van der Waals surface area contributed by atoms with Crippen LogP contribution in [0.4, 0.5) is 10.1 Å². The molecule has 1 aliphatic rings. The topological polar surface area (TPSA) is 86.8 Å². The van der Waals surface area contributed by atoms with Crippen molar-refractivity contribution in [2.45, 2.75) is 50.7 Å². The molecule has 0 bridgehead atoms. The SMILES string of the molecule is CS(=O)(=O)N(CC(=O)N(Cc1ccc(F)cc1)[C@H](Cc1ccccc1)C(=O)NC1CCCC1)c1ccc(Cl)c(Cl)c1. The van der Waals surface area contributed by atoms with Crippen molar-refractivity contribution in [1.82, 2.24) is 10.2 Å². The Morgan fingerprint density at radius 2 is 1.61 bits per heavy atom. The summed E-state index contributed by atoms with van der Waals surface area (Å²) in [6.07, 6.45) is 4.93. The van der Waals surface area contributed by atoms with Crippen LogP contribution in [0.15, 0.2) is 72.8 Å². The lowest BCUT2D eigenvalue weighted by atomic mass is 10.0. The first-order chi connectivity index (χ1) is 19.5. The highest BCUT2D eigenvalue weighted by Crippen LogP contribution is 2.29. The van der Waals surface area contributed by atoms with E-state index in [0.29, 0.717) is 5.56 Å². The normalized spacial score (nSPS) is 14.4. The van der Waals surface area contributed by atoms with Crippen molar-refractivity contribution in [3.05, 3.63) is 99.8 Å². The molecule has 1 saturated carbocycles. The van der Waals surface area contributed by atoms with Crippen LogP contribution in [0.2, 0.25) is 10.0 Å². The zero-order chi connectivity index (χ0) is 29.6. The Balaban J connectivity index is 1.72. The highest BCUT2D eigenvalue weighted by atomic mass is 35.5. The van der Waals surface area contributed by atoms with E-state index in [4.69, 9.17) is 23.2 Å². The van der Waals surface area contributed by atoms with Gasteiger partial charge in [0.1, 0.15) is 18.4 Å². The zero-order valence-corrected chi connectivity index (χ0v) is 24.9. The van der Waals surface area contributed by atoms with E-state index in [1.54, 1.807) is 0 Å². The average molecular weight is 621 g/mol. The lowest BCUT2D eigenvalue weighted by Gasteiger charge is -2.34. The largest absolute Gasteiger partial charge is 0.352 e. The molecular formula is C30H32Cl2FN3O4S. The van der Waals surface area contributed by atoms with E-state index in [9.17, 15) is 22.4 Å². The maximum Gasteiger partial charge on any atom is 0.244 e. The molecule has 0 saturated heterocycles. The number of rotatable bonds is 11. The maximum absolute atomic E-state index is 14.1. The number of carbonyl (C=O) groups is 2. The van der Waals surface area contributed by atoms with E-state index in [-0.39, 0.29) is 40.6 Å². The van der Waals surface area contributed by atoms with E-state index in [1.807, 2.05) is 30.3 Å². The van der Waals surface area contributed by atoms with Gasteiger partial charge in [0.15, 0.2) is 0 Å². The fourth-order valence-electron chi connectivity index (χ4n) is 4.96. The summed E-state index contributed by atoms with van der Waals surface area (Å²) in [5, 5.41) is 3.47. The summed E-state index contributed by atoms with van der Waals surface area (Å²) in [6.45, 7) is -0.617. The maximum atomic E-state index is 14.1. The van der Waals surface area contributed by atoms with Gasteiger partial charge in [0, 0.05) is 19.0 Å². The molecule has 4 rings (SSSR count). The van der Waals surface area contributed by atoms with E-state index in [2.05, 4.69) is 5.32 Å². The Morgan fingerprint density at radius 3 is 2.22 bits per heavy atom. The Morgan fingerprint density at radius 1 is 0.951 bits per heavy atom. The summed E-state index contributed by atoms with van der Waals surface area (Å²) < 4.78 is 40.4. The van der Waals surface area contributed by atoms with Crippen molar-refractivity contribution >= 4 is 50.7 Å². The van der Waals surface area contributed by atoms with Gasteiger partial charge in [-0.3, -0.25) is 13.9 Å². The molecule has 1 fully saturated rings. The molecule has 3 aromatic carbocycles. The van der Waals surface area contributed by atoms with Gasteiger partial charge in [0.25, 0.3) is 0 Å². The third kappa shape index (κ3) is 8.44. The Kier molecular flexibility index (Phi) is 10.3. The molecular weight excluding hydrogens is 588 g/mol. The van der Waals surface area contributed by atoms with E-state index >= 15 is 0 Å². The quantitative estimate of drug-likeness (QED) is 0.303. The highest BCUT2D eigenvalue weighted by Gasteiger charge is 2.34. The third-order valence-corrected chi connectivity index (χ3v) is 8.99. The molecule has 218 valence electrons. The van der Waals surface area contributed by atoms with Crippen LogP contribution in [0.25, 0.3) is 0 Å². The molecule has 1 N–H and O–H groups in total. The molecule has 11 heteroatoms. The molecule has 0 heterocycles. The molecule has 7 nitrogen and oxygen atoms in total. The molecule has 0 spiro atoms. The number of hydrogen-bond donors (Lipinski definition) is 1. The first-order valence-electron chi connectivity index (χ1n) is 13.3. The molecule has 0 unspecified atom stereocenters. The van der Waals surface area contributed by atoms with Crippen molar-refractivity contribution in [3.63, 3.8) is 0 Å². The van der Waals surface area contributed by atoms with Crippen molar-refractivity contribution in [2.75, 3.05) is 17.1 Å². The van der Waals surface area contributed by atoms with Gasteiger partial charge in [-0.1, -0.05) is 78.5 Å². The lowest BCUT2D eigenvalue weighted by Crippen LogP contribution is -2.54. The number of nitrogens with zero attached hydrogens (tertiary/aromatic N) is 2. The van der Waals surface area contributed by atoms with Crippen LogP contribution in [0, 0.1) is 5.82 Å². The van der Waals surface area contributed by atoms with Gasteiger partial charge in [0.2, 0.25) is 21.8 Å². The average Bonchev–Trinajstić information content (AvgIpc) is 3.45. The smallest absolute Gasteiger partial charge is 0.244 e. The number of nitrogens with one attached hydrogen (secondary N) is 1. The Labute approximate surface area is 250 Å². The third-order valence-electron chi connectivity index (χ3n) is 7.11. The molecule has 2 amide bonds. The van der Waals surface area contributed by atoms with Gasteiger partial charge in [-0.05, 0) is 54.3 Å². The minimum Gasteiger partial charge on any atom is -0.352 e. The summed E-state index contributed by atoms with van der Waals surface area (Å²) in [7, 11) is -3.94. The summed E-state index contributed by atoms with van der Waals surface area (Å²) >= 11 is 12.2. The number of carbonyl (C=O) groups excluding carboxylic acids is 2. The summed E-state index contributed by atoms with van der Waals surface area (Å²) in [6, 6.07) is 18.3. The standard InChI is InChI=1S/C30H32Cl2FN3O4S/c1-41(39,40)36(25-15-16-26(31)27(32)18-25)20-29(37)35(19-22-11-13-23(33)14-12-22)28(17-21-7-3-2-4-8-21)30(38)34-24-9-5-6-10-24/h2-4,7-8,11-16,18,24,28H,5-6,9-10,17,19-20H2,1H3,(H,34,38)/t28-/m1/s1. The van der Waals surface area contributed by atoms with Crippen molar-refractivity contribution in [3.8, 4) is 0 Å². The molecule has 3 aromatic rings. The van der Waals surface area contributed by atoms with E-state index < -0.39 is 34.3 Å². The second-order valence-electron chi connectivity index (χ2n) is 10.2. The highest BCUT2D eigenvalue weighted by molar-refractivity contribution is 7.92. The number of benzene rings is 3. The van der Waals surface area contributed by atoms with Crippen LogP contribution in [0.3, 0.4) is 0 Å². The molecule has 0 aliphatic heterocycles. The monoisotopic (exact) mass is 619 g/mol. The second kappa shape index (κ2) is 13.7. The minimum atomic E-state index is -3.94. The van der Waals surface area contributed by atoms with Crippen LogP contribution in [0.5, 0.6) is 0 Å². The Bertz CT molecular complexity index is 1470. The van der Waals surface area contributed by atoms with Crippen LogP contribution >= 0.6 is 23.2 Å². The number of hydrogen-bond acceptors (Lipinski definition) is 4.